The summed E-state index contributed by atoms with van der Waals surface area (Å²) in [6.45, 7) is 1.07. The molecular formula is C14H20Cl2N2O3S. The summed E-state index contributed by atoms with van der Waals surface area (Å²) >= 11 is 6.03. The third kappa shape index (κ3) is 2.95. The number of halogens is 2. The fraction of sp³-hybridized carbons (Fsp3) is 0.571. The number of benzene rings is 1. The van der Waals surface area contributed by atoms with Crippen LogP contribution in [0.15, 0.2) is 23.1 Å². The first-order valence-corrected chi connectivity index (χ1v) is 8.84. The van der Waals surface area contributed by atoms with E-state index in [1.54, 1.807) is 10.4 Å². The van der Waals surface area contributed by atoms with Crippen molar-refractivity contribution in [3.8, 4) is 5.75 Å². The van der Waals surface area contributed by atoms with Gasteiger partial charge in [0.05, 0.1) is 17.0 Å². The lowest BCUT2D eigenvalue weighted by Crippen LogP contribution is -2.33. The molecule has 0 aromatic heterocycles. The molecule has 2 N–H and O–H groups in total. The van der Waals surface area contributed by atoms with E-state index in [0.29, 0.717) is 29.8 Å². The Kier molecular flexibility index (Phi) is 5.29. The Balaban J connectivity index is 0.00000176. The summed E-state index contributed by atoms with van der Waals surface area (Å²) in [5, 5.41) is 0.301. The van der Waals surface area contributed by atoms with Crippen molar-refractivity contribution in [2.24, 2.45) is 17.6 Å². The Morgan fingerprint density at radius 1 is 1.32 bits per heavy atom. The second kappa shape index (κ2) is 6.53. The van der Waals surface area contributed by atoms with Crippen LogP contribution in [0.25, 0.3) is 0 Å². The minimum absolute atomic E-state index is 0. The number of sulfonamides is 1. The van der Waals surface area contributed by atoms with E-state index in [1.807, 2.05) is 0 Å². The van der Waals surface area contributed by atoms with Crippen LogP contribution in [-0.4, -0.2) is 39.0 Å². The monoisotopic (exact) mass is 366 g/mol. The lowest BCUT2D eigenvalue weighted by atomic mass is 9.98. The molecule has 1 aromatic carbocycles. The molecule has 22 heavy (non-hydrogen) atoms. The van der Waals surface area contributed by atoms with Crippen LogP contribution in [0.4, 0.5) is 0 Å². The van der Waals surface area contributed by atoms with Crippen LogP contribution in [0.2, 0.25) is 5.02 Å². The van der Waals surface area contributed by atoms with Gasteiger partial charge in [0.2, 0.25) is 10.0 Å². The van der Waals surface area contributed by atoms with Gasteiger partial charge in [0.1, 0.15) is 5.75 Å². The van der Waals surface area contributed by atoms with E-state index in [9.17, 15) is 8.42 Å². The summed E-state index contributed by atoms with van der Waals surface area (Å²) in [5.41, 5.74) is 6.07. The highest BCUT2D eigenvalue weighted by atomic mass is 35.5. The summed E-state index contributed by atoms with van der Waals surface area (Å²) in [5.74, 6) is 1.15. The van der Waals surface area contributed by atoms with Crippen molar-refractivity contribution in [1.29, 1.82) is 0 Å². The van der Waals surface area contributed by atoms with Gasteiger partial charge >= 0.3 is 0 Å². The Labute approximate surface area is 142 Å². The van der Waals surface area contributed by atoms with Gasteiger partial charge in [-0.3, -0.25) is 0 Å². The minimum Gasteiger partial charge on any atom is -0.495 e. The molecule has 3 atom stereocenters. The zero-order valence-corrected chi connectivity index (χ0v) is 14.6. The Morgan fingerprint density at radius 2 is 2.05 bits per heavy atom. The summed E-state index contributed by atoms with van der Waals surface area (Å²) in [6, 6.07) is 4.69. The number of hydrogen-bond acceptors (Lipinski definition) is 4. The Bertz CT molecular complexity index is 653. The van der Waals surface area contributed by atoms with Crippen LogP contribution in [0.1, 0.15) is 12.8 Å². The summed E-state index contributed by atoms with van der Waals surface area (Å²) in [6.07, 6.45) is 2.01. The molecule has 3 unspecified atom stereocenters. The van der Waals surface area contributed by atoms with Crippen molar-refractivity contribution >= 4 is 34.0 Å². The Morgan fingerprint density at radius 3 is 2.64 bits per heavy atom. The molecule has 0 spiro atoms. The average molecular weight is 367 g/mol. The van der Waals surface area contributed by atoms with E-state index in [2.05, 4.69) is 0 Å². The number of fused-ring (bicyclic) bond motifs is 1. The molecule has 0 bridgehead atoms. The molecule has 8 heteroatoms. The highest BCUT2D eigenvalue weighted by Gasteiger charge is 2.45. The van der Waals surface area contributed by atoms with Crippen molar-refractivity contribution in [2.75, 3.05) is 20.2 Å². The van der Waals surface area contributed by atoms with Crippen LogP contribution >= 0.6 is 24.0 Å². The maximum atomic E-state index is 12.7. The molecule has 3 rings (SSSR count). The number of nitrogens with zero attached hydrogens (tertiary/aromatic N) is 1. The van der Waals surface area contributed by atoms with Crippen LogP contribution in [0.5, 0.6) is 5.75 Å². The molecule has 2 aliphatic rings. The van der Waals surface area contributed by atoms with Gasteiger partial charge in [-0.2, -0.15) is 4.31 Å². The predicted molar refractivity (Wildman–Crippen MR) is 88.2 cm³/mol. The fourth-order valence-electron chi connectivity index (χ4n) is 3.42. The van der Waals surface area contributed by atoms with E-state index in [1.165, 1.54) is 19.2 Å². The van der Waals surface area contributed by atoms with Crippen LogP contribution in [0, 0.1) is 11.8 Å². The molecule has 1 aliphatic heterocycles. The number of methoxy groups -OCH3 is 1. The summed E-state index contributed by atoms with van der Waals surface area (Å²) in [7, 11) is -2.02. The lowest BCUT2D eigenvalue weighted by Gasteiger charge is -2.19. The molecule has 1 saturated heterocycles. The predicted octanol–water partition coefficient (Wildman–Crippen LogP) is 2.13. The van der Waals surface area contributed by atoms with E-state index in [-0.39, 0.29) is 29.3 Å². The van der Waals surface area contributed by atoms with Gasteiger partial charge in [-0.25, -0.2) is 8.42 Å². The molecule has 1 saturated carbocycles. The average Bonchev–Trinajstić information content (AvgIpc) is 3.02. The first-order valence-electron chi connectivity index (χ1n) is 7.02. The van der Waals surface area contributed by atoms with E-state index >= 15 is 0 Å². The molecular weight excluding hydrogens is 347 g/mol. The quantitative estimate of drug-likeness (QED) is 0.888. The minimum atomic E-state index is -3.51. The van der Waals surface area contributed by atoms with Gasteiger partial charge < -0.3 is 10.5 Å². The van der Waals surface area contributed by atoms with Gasteiger partial charge in [0.25, 0.3) is 0 Å². The smallest absolute Gasteiger partial charge is 0.243 e. The van der Waals surface area contributed by atoms with Crippen molar-refractivity contribution in [2.45, 2.75) is 23.8 Å². The Hall–Kier alpha value is -0.530. The third-order valence-corrected chi connectivity index (χ3v) is 6.76. The highest BCUT2D eigenvalue weighted by Crippen LogP contribution is 2.39. The van der Waals surface area contributed by atoms with Gasteiger partial charge in [-0.1, -0.05) is 11.6 Å². The highest BCUT2D eigenvalue weighted by molar-refractivity contribution is 7.89. The summed E-state index contributed by atoms with van der Waals surface area (Å²) in [4.78, 5) is 0.210. The van der Waals surface area contributed by atoms with Crippen molar-refractivity contribution in [3.05, 3.63) is 23.2 Å². The molecule has 2 fully saturated rings. The zero-order chi connectivity index (χ0) is 15.2. The van der Waals surface area contributed by atoms with Gasteiger partial charge in [0.15, 0.2) is 0 Å². The normalized spacial score (nSPS) is 28.2. The molecule has 0 radical (unpaired) electrons. The fourth-order valence-corrected chi connectivity index (χ4v) is 5.30. The van der Waals surface area contributed by atoms with E-state index in [0.717, 1.165) is 12.8 Å². The number of ether oxygens (including phenoxy) is 1. The first-order chi connectivity index (χ1) is 9.93. The SMILES string of the molecule is COc1ccc(S(=O)(=O)N2CC3CCC(N)C3C2)cc1Cl.Cl. The molecule has 124 valence electrons. The van der Waals surface area contributed by atoms with Crippen molar-refractivity contribution < 1.29 is 13.2 Å². The lowest BCUT2D eigenvalue weighted by molar-refractivity contribution is 0.414. The number of hydrogen-bond donors (Lipinski definition) is 1. The topological polar surface area (TPSA) is 72.6 Å². The van der Waals surface area contributed by atoms with Crippen molar-refractivity contribution in [1.82, 2.24) is 4.31 Å². The molecule has 1 aliphatic carbocycles. The number of nitrogens with two attached hydrogens (primary N) is 1. The van der Waals surface area contributed by atoms with E-state index in [4.69, 9.17) is 22.1 Å². The van der Waals surface area contributed by atoms with E-state index < -0.39 is 10.0 Å². The second-order valence-electron chi connectivity index (χ2n) is 5.78. The van der Waals surface area contributed by atoms with Gasteiger partial charge in [-0.15, -0.1) is 12.4 Å². The van der Waals surface area contributed by atoms with Crippen LogP contribution < -0.4 is 10.5 Å². The van der Waals surface area contributed by atoms with Crippen LogP contribution in [-0.2, 0) is 10.0 Å². The molecule has 1 heterocycles. The maximum Gasteiger partial charge on any atom is 0.243 e. The molecule has 0 amide bonds. The van der Waals surface area contributed by atoms with Crippen LogP contribution in [0.3, 0.4) is 0 Å². The third-order valence-electron chi connectivity index (χ3n) is 4.64. The first kappa shape index (κ1) is 17.8. The largest absolute Gasteiger partial charge is 0.495 e. The molecule has 1 aromatic rings. The van der Waals surface area contributed by atoms with Crippen molar-refractivity contribution in [3.63, 3.8) is 0 Å². The summed E-state index contributed by atoms with van der Waals surface area (Å²) < 4.78 is 32.0. The number of rotatable bonds is 3. The molecule has 5 nitrogen and oxygen atoms in total. The van der Waals surface area contributed by atoms with Gasteiger partial charge in [-0.05, 0) is 42.9 Å². The second-order valence-corrected chi connectivity index (χ2v) is 8.13. The van der Waals surface area contributed by atoms with Gasteiger partial charge in [0, 0.05) is 19.1 Å². The standard InChI is InChI=1S/C14H19ClN2O3S.ClH/c1-20-14-5-3-10(6-12(14)15)21(18,19)17-7-9-2-4-13(16)11(9)8-17;/h3,5-6,9,11,13H,2,4,7-8,16H2,1H3;1H. The zero-order valence-electron chi connectivity index (χ0n) is 12.2. The maximum absolute atomic E-state index is 12.7.